The van der Waals surface area contributed by atoms with Crippen LogP contribution in [0.1, 0.15) is 23.6 Å². The lowest BCUT2D eigenvalue weighted by atomic mass is 10.1. The number of carbonyl (C=O) groups is 1. The SMILES string of the molecule is CCc1cccc(C)c1NC(=O)CSc1n[nH]c(=O)n1CCc1ccccc1. The molecular formula is C21H24N4O2S. The zero-order valence-corrected chi connectivity index (χ0v) is 16.9. The minimum absolute atomic E-state index is 0.112. The van der Waals surface area contributed by atoms with E-state index >= 15 is 0 Å². The summed E-state index contributed by atoms with van der Waals surface area (Å²) >= 11 is 1.26. The van der Waals surface area contributed by atoms with Crippen molar-refractivity contribution in [1.29, 1.82) is 0 Å². The molecule has 0 spiro atoms. The van der Waals surface area contributed by atoms with E-state index in [0.29, 0.717) is 11.7 Å². The lowest BCUT2D eigenvalue weighted by Gasteiger charge is -2.12. The molecule has 146 valence electrons. The summed E-state index contributed by atoms with van der Waals surface area (Å²) in [5, 5.41) is 10.1. The average molecular weight is 397 g/mol. The molecule has 0 saturated heterocycles. The number of para-hydroxylation sites is 1. The van der Waals surface area contributed by atoms with Crippen molar-refractivity contribution in [3.63, 3.8) is 0 Å². The van der Waals surface area contributed by atoms with Crippen LogP contribution in [0, 0.1) is 6.92 Å². The van der Waals surface area contributed by atoms with Crippen LogP contribution in [-0.4, -0.2) is 26.4 Å². The fourth-order valence-electron chi connectivity index (χ4n) is 3.00. The van der Waals surface area contributed by atoms with Crippen LogP contribution < -0.4 is 11.0 Å². The van der Waals surface area contributed by atoms with Gasteiger partial charge in [0, 0.05) is 12.2 Å². The lowest BCUT2D eigenvalue weighted by molar-refractivity contribution is -0.113. The molecule has 0 radical (unpaired) electrons. The Hall–Kier alpha value is -2.80. The quantitative estimate of drug-likeness (QED) is 0.572. The summed E-state index contributed by atoms with van der Waals surface area (Å²) in [5.74, 6) is 0.0756. The Morgan fingerprint density at radius 1 is 1.18 bits per heavy atom. The number of thioether (sulfide) groups is 1. The van der Waals surface area contributed by atoms with Gasteiger partial charge in [-0.05, 0) is 36.5 Å². The van der Waals surface area contributed by atoms with Gasteiger partial charge in [-0.1, -0.05) is 67.2 Å². The maximum Gasteiger partial charge on any atom is 0.343 e. The Balaban J connectivity index is 1.62. The molecule has 7 heteroatoms. The highest BCUT2D eigenvalue weighted by Gasteiger charge is 2.13. The molecule has 1 amide bonds. The van der Waals surface area contributed by atoms with Gasteiger partial charge in [-0.15, -0.1) is 5.10 Å². The molecule has 0 bridgehead atoms. The van der Waals surface area contributed by atoms with E-state index in [-0.39, 0.29) is 17.3 Å². The van der Waals surface area contributed by atoms with Crippen molar-refractivity contribution in [3.8, 4) is 0 Å². The Labute approximate surface area is 168 Å². The molecule has 3 rings (SSSR count). The summed E-state index contributed by atoms with van der Waals surface area (Å²) in [6.07, 6.45) is 1.58. The number of carbonyl (C=O) groups excluding carboxylic acids is 1. The van der Waals surface area contributed by atoms with Gasteiger partial charge in [0.25, 0.3) is 0 Å². The Bertz CT molecular complexity index is 995. The number of amides is 1. The third-order valence-electron chi connectivity index (χ3n) is 4.53. The predicted octanol–water partition coefficient (Wildman–Crippen LogP) is 3.42. The molecular weight excluding hydrogens is 372 g/mol. The van der Waals surface area contributed by atoms with E-state index in [0.717, 1.165) is 35.2 Å². The number of aromatic nitrogens is 3. The Kier molecular flexibility index (Phi) is 6.71. The first kappa shape index (κ1) is 19.9. The normalized spacial score (nSPS) is 10.8. The van der Waals surface area contributed by atoms with E-state index < -0.39 is 0 Å². The van der Waals surface area contributed by atoms with E-state index in [1.807, 2.05) is 55.5 Å². The third-order valence-corrected chi connectivity index (χ3v) is 5.50. The Morgan fingerprint density at radius 2 is 1.96 bits per heavy atom. The maximum absolute atomic E-state index is 12.4. The van der Waals surface area contributed by atoms with E-state index in [9.17, 15) is 9.59 Å². The van der Waals surface area contributed by atoms with Gasteiger partial charge in [0.2, 0.25) is 5.91 Å². The molecule has 2 aromatic carbocycles. The summed E-state index contributed by atoms with van der Waals surface area (Å²) in [4.78, 5) is 24.5. The number of benzene rings is 2. The van der Waals surface area contributed by atoms with Crippen LogP contribution in [0.25, 0.3) is 0 Å². The highest BCUT2D eigenvalue weighted by molar-refractivity contribution is 7.99. The van der Waals surface area contributed by atoms with Crippen molar-refractivity contribution >= 4 is 23.4 Å². The fourth-order valence-corrected chi connectivity index (χ4v) is 3.78. The molecule has 0 aliphatic heterocycles. The maximum atomic E-state index is 12.4. The molecule has 2 N–H and O–H groups in total. The van der Waals surface area contributed by atoms with Gasteiger partial charge in [-0.25, -0.2) is 9.89 Å². The van der Waals surface area contributed by atoms with Gasteiger partial charge in [0.05, 0.1) is 5.75 Å². The van der Waals surface area contributed by atoms with Crippen molar-refractivity contribution in [2.45, 2.75) is 38.4 Å². The number of nitrogens with zero attached hydrogens (tertiary/aromatic N) is 2. The van der Waals surface area contributed by atoms with Crippen LogP contribution in [-0.2, 0) is 24.2 Å². The smallest absolute Gasteiger partial charge is 0.325 e. The zero-order valence-electron chi connectivity index (χ0n) is 16.1. The van der Waals surface area contributed by atoms with Gasteiger partial charge < -0.3 is 5.32 Å². The Morgan fingerprint density at radius 3 is 2.71 bits per heavy atom. The third kappa shape index (κ3) is 4.92. The summed E-state index contributed by atoms with van der Waals surface area (Å²) < 4.78 is 1.58. The first-order valence-electron chi connectivity index (χ1n) is 9.28. The van der Waals surface area contributed by atoms with Crippen LogP contribution in [0.2, 0.25) is 0 Å². The summed E-state index contributed by atoms with van der Waals surface area (Å²) in [6, 6.07) is 16.0. The molecule has 6 nitrogen and oxygen atoms in total. The largest absolute Gasteiger partial charge is 0.343 e. The van der Waals surface area contributed by atoms with Crippen LogP contribution in [0.5, 0.6) is 0 Å². The summed E-state index contributed by atoms with van der Waals surface area (Å²) in [5.41, 5.74) is 3.91. The second-order valence-corrected chi connectivity index (χ2v) is 7.44. The zero-order chi connectivity index (χ0) is 19.9. The van der Waals surface area contributed by atoms with E-state index in [2.05, 4.69) is 22.4 Å². The van der Waals surface area contributed by atoms with Crippen LogP contribution in [0.4, 0.5) is 5.69 Å². The van der Waals surface area contributed by atoms with Crippen molar-refractivity contribution in [2.75, 3.05) is 11.1 Å². The van der Waals surface area contributed by atoms with Gasteiger partial charge in [-0.2, -0.15) is 0 Å². The van der Waals surface area contributed by atoms with Gasteiger partial charge in [0.1, 0.15) is 0 Å². The van der Waals surface area contributed by atoms with Gasteiger partial charge >= 0.3 is 5.69 Å². The monoisotopic (exact) mass is 396 g/mol. The van der Waals surface area contributed by atoms with E-state index in [1.165, 1.54) is 11.8 Å². The van der Waals surface area contributed by atoms with Gasteiger partial charge in [-0.3, -0.25) is 9.36 Å². The number of anilines is 1. The fraction of sp³-hybridized carbons (Fsp3) is 0.286. The van der Waals surface area contributed by atoms with Crippen molar-refractivity contribution in [2.24, 2.45) is 0 Å². The molecule has 0 unspecified atom stereocenters. The molecule has 0 atom stereocenters. The van der Waals surface area contributed by atoms with Crippen molar-refractivity contribution in [1.82, 2.24) is 14.8 Å². The minimum Gasteiger partial charge on any atom is -0.325 e. The number of aromatic amines is 1. The molecule has 3 aromatic rings. The van der Waals surface area contributed by atoms with Crippen molar-refractivity contribution < 1.29 is 4.79 Å². The van der Waals surface area contributed by atoms with E-state index in [1.54, 1.807) is 4.57 Å². The topological polar surface area (TPSA) is 79.8 Å². The number of hydrogen-bond donors (Lipinski definition) is 2. The van der Waals surface area contributed by atoms with Crippen LogP contribution in [0.3, 0.4) is 0 Å². The second kappa shape index (κ2) is 9.41. The minimum atomic E-state index is -0.258. The predicted molar refractivity (Wildman–Crippen MR) is 113 cm³/mol. The first-order valence-corrected chi connectivity index (χ1v) is 10.3. The van der Waals surface area contributed by atoms with Gasteiger partial charge in [0.15, 0.2) is 5.16 Å². The molecule has 0 aliphatic rings. The number of aryl methyl sites for hydroxylation is 3. The van der Waals surface area contributed by atoms with Crippen LogP contribution >= 0.6 is 11.8 Å². The molecule has 28 heavy (non-hydrogen) atoms. The second-order valence-electron chi connectivity index (χ2n) is 6.50. The molecule has 1 heterocycles. The van der Waals surface area contributed by atoms with Crippen molar-refractivity contribution in [3.05, 3.63) is 75.7 Å². The molecule has 1 aromatic heterocycles. The lowest BCUT2D eigenvalue weighted by Crippen LogP contribution is -2.20. The number of rotatable bonds is 8. The summed E-state index contributed by atoms with van der Waals surface area (Å²) in [7, 11) is 0. The molecule has 0 fully saturated rings. The number of hydrogen-bond acceptors (Lipinski definition) is 4. The summed E-state index contributed by atoms with van der Waals surface area (Å²) in [6.45, 7) is 4.56. The van der Waals surface area contributed by atoms with E-state index in [4.69, 9.17) is 0 Å². The number of H-pyrrole nitrogens is 1. The van der Waals surface area contributed by atoms with Crippen LogP contribution in [0.15, 0.2) is 58.5 Å². The highest BCUT2D eigenvalue weighted by atomic mass is 32.2. The standard InChI is InChI=1S/C21H24N4O2S/c1-3-17-11-7-8-15(2)19(17)22-18(26)14-28-21-24-23-20(27)25(21)13-12-16-9-5-4-6-10-16/h4-11H,3,12-14H2,1-2H3,(H,22,26)(H,23,27). The molecule has 0 aliphatic carbocycles. The number of nitrogens with one attached hydrogen (secondary N) is 2. The average Bonchev–Trinajstić information content (AvgIpc) is 3.06. The highest BCUT2D eigenvalue weighted by Crippen LogP contribution is 2.22. The first-order chi connectivity index (χ1) is 13.6. The molecule has 0 saturated carbocycles.